The van der Waals surface area contributed by atoms with E-state index in [1.807, 2.05) is 24.3 Å². The van der Waals surface area contributed by atoms with Crippen LogP contribution < -0.4 is 10.2 Å². The molecule has 0 radical (unpaired) electrons. The van der Waals surface area contributed by atoms with Crippen LogP contribution in [0.4, 0.5) is 11.4 Å². The lowest BCUT2D eigenvalue weighted by molar-refractivity contribution is -0.122. The first-order valence-electron chi connectivity index (χ1n) is 10.8. The summed E-state index contributed by atoms with van der Waals surface area (Å²) in [4.78, 5) is 27.1. The van der Waals surface area contributed by atoms with E-state index in [0.717, 1.165) is 12.1 Å². The van der Waals surface area contributed by atoms with E-state index < -0.39 is 15.9 Å². The average Bonchev–Trinajstić information content (AvgIpc) is 3.21. The van der Waals surface area contributed by atoms with Crippen molar-refractivity contribution in [3.05, 3.63) is 54.1 Å². The van der Waals surface area contributed by atoms with E-state index in [2.05, 4.69) is 12.2 Å². The Morgan fingerprint density at radius 1 is 1.12 bits per heavy atom. The van der Waals surface area contributed by atoms with Crippen LogP contribution in [-0.4, -0.2) is 57.4 Å². The van der Waals surface area contributed by atoms with Crippen LogP contribution in [0.3, 0.4) is 0 Å². The van der Waals surface area contributed by atoms with Crippen LogP contribution in [-0.2, 0) is 30.8 Å². The largest absolute Gasteiger partial charge is 0.379 e. The zero-order valence-electron chi connectivity index (χ0n) is 18.0. The lowest BCUT2D eigenvalue weighted by Crippen LogP contribution is -2.40. The van der Waals surface area contributed by atoms with Gasteiger partial charge in [0.05, 0.1) is 24.0 Å². The number of sulfonamides is 1. The fourth-order valence-electron chi connectivity index (χ4n) is 3.96. The minimum absolute atomic E-state index is 0.0990. The molecule has 2 saturated heterocycles. The highest BCUT2D eigenvalue weighted by Crippen LogP contribution is 2.27. The molecular formula is C23H27N3O5S. The van der Waals surface area contributed by atoms with Gasteiger partial charge in [-0.05, 0) is 42.3 Å². The number of nitrogens with one attached hydrogen (secondary N) is 1. The smallest absolute Gasteiger partial charge is 0.243 e. The third kappa shape index (κ3) is 4.69. The lowest BCUT2D eigenvalue weighted by Gasteiger charge is -2.26. The summed E-state index contributed by atoms with van der Waals surface area (Å²) in [5.41, 5.74) is 2.35. The molecule has 0 spiro atoms. The number of rotatable bonds is 6. The van der Waals surface area contributed by atoms with Gasteiger partial charge in [0.1, 0.15) is 0 Å². The Balaban J connectivity index is 1.44. The number of morpholine rings is 1. The van der Waals surface area contributed by atoms with Crippen LogP contribution in [0.15, 0.2) is 53.4 Å². The second-order valence-corrected chi connectivity index (χ2v) is 9.90. The second kappa shape index (κ2) is 9.40. The molecule has 2 aliphatic heterocycles. The Morgan fingerprint density at radius 2 is 1.84 bits per heavy atom. The molecule has 4 rings (SSSR count). The fraction of sp³-hybridized carbons (Fsp3) is 0.391. The van der Waals surface area contributed by atoms with E-state index in [4.69, 9.17) is 4.74 Å². The molecule has 1 N–H and O–H groups in total. The van der Waals surface area contributed by atoms with Gasteiger partial charge in [-0.1, -0.05) is 25.1 Å². The Bertz CT molecular complexity index is 1090. The number of carbonyl (C=O) groups excluding carboxylic acids is 2. The molecule has 9 heteroatoms. The summed E-state index contributed by atoms with van der Waals surface area (Å²) in [6.45, 7) is 3.70. The standard InChI is InChI=1S/C23H27N3O5S/c1-2-17-6-8-20(9-7-17)26-16-18(14-22(26)27)23(28)24-19-4-3-5-21(15-19)32(29,30)25-10-12-31-13-11-25/h3-9,15,18H,2,10-14,16H2,1H3,(H,24,28). The Labute approximate surface area is 188 Å². The summed E-state index contributed by atoms with van der Waals surface area (Å²) >= 11 is 0. The van der Waals surface area contributed by atoms with E-state index in [0.29, 0.717) is 38.5 Å². The maximum absolute atomic E-state index is 12.9. The van der Waals surface area contributed by atoms with Crippen LogP contribution in [0.2, 0.25) is 0 Å². The van der Waals surface area contributed by atoms with Gasteiger partial charge in [-0.2, -0.15) is 4.31 Å². The van der Waals surface area contributed by atoms with Crippen molar-refractivity contribution in [2.45, 2.75) is 24.7 Å². The number of hydrogen-bond acceptors (Lipinski definition) is 5. The number of ether oxygens (including phenoxy) is 1. The van der Waals surface area contributed by atoms with Crippen molar-refractivity contribution in [1.82, 2.24) is 4.31 Å². The fourth-order valence-corrected chi connectivity index (χ4v) is 5.41. The Kier molecular flexibility index (Phi) is 6.59. The topological polar surface area (TPSA) is 96.0 Å². The van der Waals surface area contributed by atoms with Gasteiger partial charge < -0.3 is 15.0 Å². The van der Waals surface area contributed by atoms with Gasteiger partial charge in [0.2, 0.25) is 21.8 Å². The van der Waals surface area contributed by atoms with E-state index in [1.54, 1.807) is 17.0 Å². The van der Waals surface area contributed by atoms with Crippen molar-refractivity contribution in [3.63, 3.8) is 0 Å². The second-order valence-electron chi connectivity index (χ2n) is 7.96. The van der Waals surface area contributed by atoms with Crippen molar-refractivity contribution in [2.24, 2.45) is 5.92 Å². The molecule has 32 heavy (non-hydrogen) atoms. The molecule has 0 saturated carbocycles. The first-order chi connectivity index (χ1) is 15.4. The summed E-state index contributed by atoms with van der Waals surface area (Å²) in [6.07, 6.45) is 1.03. The van der Waals surface area contributed by atoms with Crippen LogP contribution >= 0.6 is 0 Å². The number of anilines is 2. The van der Waals surface area contributed by atoms with Crippen molar-refractivity contribution >= 4 is 33.2 Å². The highest BCUT2D eigenvalue weighted by Gasteiger charge is 2.35. The summed E-state index contributed by atoms with van der Waals surface area (Å²) in [5.74, 6) is -0.905. The molecular weight excluding hydrogens is 430 g/mol. The van der Waals surface area contributed by atoms with Crippen LogP contribution in [0.25, 0.3) is 0 Å². The predicted molar refractivity (Wildman–Crippen MR) is 121 cm³/mol. The molecule has 0 aliphatic carbocycles. The number of carbonyl (C=O) groups is 2. The monoisotopic (exact) mass is 457 g/mol. The maximum atomic E-state index is 12.9. The quantitative estimate of drug-likeness (QED) is 0.718. The molecule has 2 fully saturated rings. The molecule has 0 aromatic heterocycles. The molecule has 2 aliphatic rings. The molecule has 0 bridgehead atoms. The van der Waals surface area contributed by atoms with Crippen LogP contribution in [0.5, 0.6) is 0 Å². The molecule has 2 heterocycles. The predicted octanol–water partition coefficient (Wildman–Crippen LogP) is 2.26. The third-order valence-corrected chi connectivity index (χ3v) is 7.76. The first kappa shape index (κ1) is 22.4. The maximum Gasteiger partial charge on any atom is 0.243 e. The van der Waals surface area contributed by atoms with Crippen LogP contribution in [0.1, 0.15) is 18.9 Å². The van der Waals surface area contributed by atoms with Gasteiger partial charge in [-0.25, -0.2) is 8.42 Å². The van der Waals surface area contributed by atoms with Gasteiger partial charge in [-0.3, -0.25) is 9.59 Å². The zero-order chi connectivity index (χ0) is 22.7. The number of aryl methyl sites for hydroxylation is 1. The first-order valence-corrected chi connectivity index (χ1v) is 12.2. The van der Waals surface area contributed by atoms with Crippen molar-refractivity contribution in [3.8, 4) is 0 Å². The van der Waals surface area contributed by atoms with Crippen molar-refractivity contribution in [1.29, 1.82) is 0 Å². The van der Waals surface area contributed by atoms with Crippen molar-refractivity contribution < 1.29 is 22.7 Å². The van der Waals surface area contributed by atoms with Gasteiger partial charge in [0, 0.05) is 37.4 Å². The Hall–Kier alpha value is -2.75. The Morgan fingerprint density at radius 3 is 2.53 bits per heavy atom. The van der Waals surface area contributed by atoms with Crippen molar-refractivity contribution in [2.75, 3.05) is 43.1 Å². The van der Waals surface area contributed by atoms with E-state index in [-0.39, 0.29) is 23.1 Å². The SMILES string of the molecule is CCc1ccc(N2CC(C(=O)Nc3cccc(S(=O)(=O)N4CCOCC4)c3)CC2=O)cc1. The van der Waals surface area contributed by atoms with Gasteiger partial charge in [-0.15, -0.1) is 0 Å². The minimum atomic E-state index is -3.66. The number of hydrogen-bond donors (Lipinski definition) is 1. The molecule has 2 aromatic rings. The van der Waals surface area contributed by atoms with Gasteiger partial charge in [0.15, 0.2) is 0 Å². The molecule has 8 nitrogen and oxygen atoms in total. The zero-order valence-corrected chi connectivity index (χ0v) is 18.8. The molecule has 2 amide bonds. The summed E-state index contributed by atoms with van der Waals surface area (Å²) in [6, 6.07) is 14.0. The highest BCUT2D eigenvalue weighted by atomic mass is 32.2. The third-order valence-electron chi connectivity index (χ3n) is 5.86. The van der Waals surface area contributed by atoms with Gasteiger partial charge in [0.25, 0.3) is 0 Å². The summed E-state index contributed by atoms with van der Waals surface area (Å²) < 4.78 is 32.4. The van der Waals surface area contributed by atoms with E-state index in [1.165, 1.54) is 22.0 Å². The molecule has 2 aromatic carbocycles. The van der Waals surface area contributed by atoms with Gasteiger partial charge >= 0.3 is 0 Å². The normalized spacial score (nSPS) is 19.8. The summed E-state index contributed by atoms with van der Waals surface area (Å²) in [5, 5.41) is 2.78. The minimum Gasteiger partial charge on any atom is -0.379 e. The number of amides is 2. The van der Waals surface area contributed by atoms with E-state index in [9.17, 15) is 18.0 Å². The molecule has 1 unspecified atom stereocenters. The number of nitrogens with zero attached hydrogens (tertiary/aromatic N) is 2. The molecule has 170 valence electrons. The highest BCUT2D eigenvalue weighted by molar-refractivity contribution is 7.89. The lowest BCUT2D eigenvalue weighted by atomic mass is 10.1. The summed E-state index contributed by atoms with van der Waals surface area (Å²) in [7, 11) is -3.66. The number of benzene rings is 2. The average molecular weight is 458 g/mol. The van der Waals surface area contributed by atoms with Crippen LogP contribution in [0, 0.1) is 5.92 Å². The molecule has 1 atom stereocenters. The van der Waals surface area contributed by atoms with E-state index >= 15 is 0 Å².